The summed E-state index contributed by atoms with van der Waals surface area (Å²) in [6.07, 6.45) is 1.63. The molecule has 1 N–H and O–H groups in total. The lowest BCUT2D eigenvalue weighted by molar-refractivity contribution is 0.169. The van der Waals surface area contributed by atoms with Crippen molar-refractivity contribution in [1.82, 2.24) is 20.3 Å². The van der Waals surface area contributed by atoms with Crippen LogP contribution in [0, 0.1) is 0 Å². The molecule has 0 aliphatic carbocycles. The number of hydrogen-bond acceptors (Lipinski definition) is 5. The molecule has 1 aromatic heterocycles. The predicted molar refractivity (Wildman–Crippen MR) is 117 cm³/mol. The lowest BCUT2D eigenvalue weighted by atomic mass is 10.3. The SMILES string of the molecule is CN=C(NCCSc1ccccc1)N1CCN(Cc2ccon2)CC1.I. The number of guanidine groups is 1. The van der Waals surface area contributed by atoms with Crippen LogP contribution in [0.25, 0.3) is 0 Å². The van der Waals surface area contributed by atoms with Gasteiger partial charge in [-0.1, -0.05) is 23.4 Å². The fourth-order valence-corrected chi connectivity index (χ4v) is 3.64. The molecule has 142 valence electrons. The monoisotopic (exact) mass is 487 g/mol. The molecule has 8 heteroatoms. The Morgan fingerprint density at radius 1 is 1.19 bits per heavy atom. The van der Waals surface area contributed by atoms with Gasteiger partial charge in [-0.2, -0.15) is 0 Å². The van der Waals surface area contributed by atoms with E-state index < -0.39 is 0 Å². The van der Waals surface area contributed by atoms with Crippen molar-refractivity contribution in [3.63, 3.8) is 0 Å². The first-order valence-electron chi connectivity index (χ1n) is 8.60. The van der Waals surface area contributed by atoms with E-state index in [1.165, 1.54) is 4.90 Å². The van der Waals surface area contributed by atoms with Crippen molar-refractivity contribution < 1.29 is 4.52 Å². The van der Waals surface area contributed by atoms with E-state index in [1.807, 2.05) is 30.9 Å². The molecule has 0 atom stereocenters. The normalized spacial score (nSPS) is 15.6. The summed E-state index contributed by atoms with van der Waals surface area (Å²) in [6, 6.07) is 12.4. The minimum Gasteiger partial charge on any atom is -0.364 e. The highest BCUT2D eigenvalue weighted by Gasteiger charge is 2.20. The maximum absolute atomic E-state index is 4.90. The van der Waals surface area contributed by atoms with E-state index in [0.717, 1.165) is 56.7 Å². The molecule has 1 aromatic carbocycles. The van der Waals surface area contributed by atoms with Crippen LogP contribution in [0.1, 0.15) is 5.69 Å². The van der Waals surface area contributed by atoms with Crippen LogP contribution in [0.4, 0.5) is 0 Å². The Morgan fingerprint density at radius 2 is 1.96 bits per heavy atom. The summed E-state index contributed by atoms with van der Waals surface area (Å²) < 4.78 is 4.90. The number of nitrogens with one attached hydrogen (secondary N) is 1. The highest BCUT2D eigenvalue weighted by molar-refractivity contribution is 14.0. The smallest absolute Gasteiger partial charge is 0.193 e. The van der Waals surface area contributed by atoms with Gasteiger partial charge in [0, 0.05) is 63.0 Å². The van der Waals surface area contributed by atoms with Gasteiger partial charge in [-0.15, -0.1) is 35.7 Å². The van der Waals surface area contributed by atoms with Gasteiger partial charge in [0.1, 0.15) is 6.26 Å². The van der Waals surface area contributed by atoms with Crippen LogP contribution in [-0.4, -0.2) is 66.4 Å². The molecule has 2 heterocycles. The maximum Gasteiger partial charge on any atom is 0.193 e. The molecule has 1 fully saturated rings. The number of rotatable bonds is 6. The van der Waals surface area contributed by atoms with E-state index in [-0.39, 0.29) is 24.0 Å². The zero-order chi connectivity index (χ0) is 17.3. The maximum atomic E-state index is 4.90. The number of hydrogen-bond donors (Lipinski definition) is 1. The minimum atomic E-state index is 0. The molecule has 0 unspecified atom stereocenters. The van der Waals surface area contributed by atoms with Crippen molar-refractivity contribution in [2.75, 3.05) is 45.5 Å². The molecule has 0 bridgehead atoms. The molecule has 0 saturated carbocycles. The van der Waals surface area contributed by atoms with Gasteiger partial charge in [0.05, 0.1) is 5.69 Å². The van der Waals surface area contributed by atoms with Crippen LogP contribution in [-0.2, 0) is 6.54 Å². The van der Waals surface area contributed by atoms with Crippen molar-refractivity contribution in [3.8, 4) is 0 Å². The number of aromatic nitrogens is 1. The van der Waals surface area contributed by atoms with Gasteiger partial charge in [0.2, 0.25) is 0 Å². The Bertz CT molecular complexity index is 645. The third-order valence-electron chi connectivity index (χ3n) is 4.16. The first-order chi connectivity index (χ1) is 12.3. The summed E-state index contributed by atoms with van der Waals surface area (Å²) in [5, 5.41) is 7.47. The average molecular weight is 487 g/mol. The molecule has 3 rings (SSSR count). The van der Waals surface area contributed by atoms with Gasteiger partial charge >= 0.3 is 0 Å². The number of piperazine rings is 1. The van der Waals surface area contributed by atoms with E-state index in [9.17, 15) is 0 Å². The summed E-state index contributed by atoms with van der Waals surface area (Å²) in [5.41, 5.74) is 0.994. The topological polar surface area (TPSA) is 56.9 Å². The molecule has 1 aliphatic heterocycles. The second kappa shape index (κ2) is 11.5. The highest BCUT2D eigenvalue weighted by atomic mass is 127. The van der Waals surface area contributed by atoms with Crippen molar-refractivity contribution in [2.45, 2.75) is 11.4 Å². The Morgan fingerprint density at radius 3 is 2.62 bits per heavy atom. The number of aliphatic imine (C=N–C) groups is 1. The quantitative estimate of drug-likeness (QED) is 0.223. The first-order valence-corrected chi connectivity index (χ1v) is 9.59. The van der Waals surface area contributed by atoms with E-state index in [1.54, 1.807) is 6.26 Å². The summed E-state index contributed by atoms with van der Waals surface area (Å²) in [6.45, 7) is 5.72. The van der Waals surface area contributed by atoms with E-state index >= 15 is 0 Å². The van der Waals surface area contributed by atoms with Crippen LogP contribution in [0.5, 0.6) is 0 Å². The Kier molecular flexibility index (Phi) is 9.27. The summed E-state index contributed by atoms with van der Waals surface area (Å²) in [5.74, 6) is 2.02. The Hall–Kier alpha value is -1.26. The molecule has 6 nitrogen and oxygen atoms in total. The average Bonchev–Trinajstić information content (AvgIpc) is 3.17. The van der Waals surface area contributed by atoms with Crippen LogP contribution in [0.15, 0.2) is 57.1 Å². The summed E-state index contributed by atoms with van der Waals surface area (Å²) in [7, 11) is 1.86. The predicted octanol–water partition coefficient (Wildman–Crippen LogP) is 2.78. The van der Waals surface area contributed by atoms with Crippen LogP contribution < -0.4 is 5.32 Å². The van der Waals surface area contributed by atoms with E-state index in [0.29, 0.717) is 0 Å². The zero-order valence-electron chi connectivity index (χ0n) is 15.0. The molecule has 0 spiro atoms. The van der Waals surface area contributed by atoms with Crippen molar-refractivity contribution in [1.29, 1.82) is 0 Å². The highest BCUT2D eigenvalue weighted by Crippen LogP contribution is 2.15. The third kappa shape index (κ3) is 6.48. The molecule has 1 aliphatic rings. The zero-order valence-corrected chi connectivity index (χ0v) is 18.2. The van der Waals surface area contributed by atoms with E-state index in [4.69, 9.17) is 4.52 Å². The number of benzene rings is 1. The summed E-state index contributed by atoms with van der Waals surface area (Å²) in [4.78, 5) is 10.5. The Labute approximate surface area is 176 Å². The molecule has 26 heavy (non-hydrogen) atoms. The largest absolute Gasteiger partial charge is 0.364 e. The van der Waals surface area contributed by atoms with Gasteiger partial charge in [0.25, 0.3) is 0 Å². The molecule has 0 radical (unpaired) electrons. The third-order valence-corrected chi connectivity index (χ3v) is 5.17. The van der Waals surface area contributed by atoms with Gasteiger partial charge in [-0.3, -0.25) is 9.89 Å². The number of nitrogens with zero attached hydrogens (tertiary/aromatic N) is 4. The minimum absolute atomic E-state index is 0. The second-order valence-electron chi connectivity index (χ2n) is 5.89. The fraction of sp³-hybridized carbons (Fsp3) is 0.444. The van der Waals surface area contributed by atoms with Crippen LogP contribution in [0.3, 0.4) is 0 Å². The first kappa shape index (κ1) is 21.0. The lowest BCUT2D eigenvalue weighted by Crippen LogP contribution is -2.52. The Balaban J connectivity index is 0.00000243. The molecule has 2 aromatic rings. The van der Waals surface area contributed by atoms with Gasteiger partial charge in [0.15, 0.2) is 5.96 Å². The molecule has 1 saturated heterocycles. The van der Waals surface area contributed by atoms with Gasteiger partial charge < -0.3 is 14.7 Å². The second-order valence-corrected chi connectivity index (χ2v) is 7.06. The van der Waals surface area contributed by atoms with E-state index in [2.05, 4.69) is 49.5 Å². The van der Waals surface area contributed by atoms with Gasteiger partial charge in [-0.05, 0) is 12.1 Å². The standard InChI is InChI=1S/C18H25N5OS.HI/c1-19-18(20-8-14-25-17-5-3-2-4-6-17)23-11-9-22(10-12-23)15-16-7-13-24-21-16;/h2-7,13H,8-12,14-15H2,1H3,(H,19,20);1H. The molecular weight excluding hydrogens is 461 g/mol. The van der Waals surface area contributed by atoms with Crippen molar-refractivity contribution >= 4 is 41.7 Å². The molecule has 0 amide bonds. The number of halogens is 1. The van der Waals surface area contributed by atoms with Crippen molar-refractivity contribution in [3.05, 3.63) is 48.4 Å². The number of thioether (sulfide) groups is 1. The van der Waals surface area contributed by atoms with Crippen LogP contribution >= 0.6 is 35.7 Å². The summed E-state index contributed by atoms with van der Waals surface area (Å²) >= 11 is 1.86. The van der Waals surface area contributed by atoms with Crippen molar-refractivity contribution in [2.24, 2.45) is 4.99 Å². The molecular formula is C18H26IN5OS. The fourth-order valence-electron chi connectivity index (χ4n) is 2.85. The van der Waals surface area contributed by atoms with Gasteiger partial charge in [-0.25, -0.2) is 0 Å². The lowest BCUT2D eigenvalue weighted by Gasteiger charge is -2.36. The van der Waals surface area contributed by atoms with Crippen LogP contribution in [0.2, 0.25) is 0 Å².